The molecule has 1 aromatic carbocycles. The van der Waals surface area contributed by atoms with E-state index < -0.39 is 0 Å². The predicted octanol–water partition coefficient (Wildman–Crippen LogP) is 4.19. The lowest BCUT2D eigenvalue weighted by atomic mass is 9.95. The second-order valence-electron chi connectivity index (χ2n) is 6.57. The largest absolute Gasteiger partial charge is 0.467 e. The van der Waals surface area contributed by atoms with E-state index in [9.17, 15) is 4.79 Å². The summed E-state index contributed by atoms with van der Waals surface area (Å²) in [4.78, 5) is 21.7. The van der Waals surface area contributed by atoms with E-state index in [0.717, 1.165) is 34.2 Å². The van der Waals surface area contributed by atoms with Gasteiger partial charge < -0.3 is 10.1 Å². The summed E-state index contributed by atoms with van der Waals surface area (Å²) in [5, 5.41) is 6.00. The lowest BCUT2D eigenvalue weighted by Crippen LogP contribution is -2.39. The van der Waals surface area contributed by atoms with Crippen LogP contribution in [0.15, 0.2) is 42.0 Å². The van der Waals surface area contributed by atoms with E-state index in [1.807, 2.05) is 30.3 Å². The molecule has 1 amide bonds. The lowest BCUT2D eigenvalue weighted by Gasteiger charge is -2.22. The molecule has 3 aromatic rings. The number of nitrogens with one attached hydrogen (secondary N) is 1. The molecule has 1 fully saturated rings. The van der Waals surface area contributed by atoms with Crippen LogP contribution in [0.5, 0.6) is 5.88 Å². The molecule has 0 spiro atoms. The number of aromatic nitrogens is 2. The summed E-state index contributed by atoms with van der Waals surface area (Å²) in [6.07, 6.45) is 7.25. The van der Waals surface area contributed by atoms with Crippen LogP contribution in [0.3, 0.4) is 0 Å². The fraction of sp³-hybridized carbons (Fsp3) is 0.350. The van der Waals surface area contributed by atoms with Crippen molar-refractivity contribution in [1.29, 1.82) is 0 Å². The molecule has 1 N–H and O–H groups in total. The van der Waals surface area contributed by atoms with Crippen molar-refractivity contribution < 1.29 is 9.53 Å². The SMILES string of the molecule is O=C(COc1ncnc2scc(-c3ccccc3)c12)NC1CCCCC1. The van der Waals surface area contributed by atoms with Gasteiger partial charge in [-0.2, -0.15) is 0 Å². The molecule has 0 aliphatic heterocycles. The minimum absolute atomic E-state index is 0.0211. The van der Waals surface area contributed by atoms with Gasteiger partial charge in [-0.15, -0.1) is 11.3 Å². The standard InChI is InChI=1S/C20H21N3O2S/c24-17(23-15-9-5-2-6-10-15)11-25-19-18-16(14-7-3-1-4-8-14)12-26-20(18)22-13-21-19/h1,3-4,7-8,12-13,15H,2,5-6,9-11H2,(H,23,24). The zero-order valence-electron chi connectivity index (χ0n) is 14.5. The zero-order chi connectivity index (χ0) is 17.8. The van der Waals surface area contributed by atoms with E-state index in [1.54, 1.807) is 11.3 Å². The molecule has 0 unspecified atom stereocenters. The highest BCUT2D eigenvalue weighted by Crippen LogP contribution is 2.37. The van der Waals surface area contributed by atoms with Crippen LogP contribution < -0.4 is 10.1 Å². The Balaban J connectivity index is 1.51. The number of ether oxygens (including phenoxy) is 1. The summed E-state index contributed by atoms with van der Waals surface area (Å²) in [5.74, 6) is 0.383. The monoisotopic (exact) mass is 367 g/mol. The summed E-state index contributed by atoms with van der Waals surface area (Å²) in [6, 6.07) is 10.4. The topological polar surface area (TPSA) is 64.1 Å². The van der Waals surface area contributed by atoms with Crippen LogP contribution in [0, 0.1) is 0 Å². The number of hydrogen-bond acceptors (Lipinski definition) is 5. The second-order valence-corrected chi connectivity index (χ2v) is 7.42. The van der Waals surface area contributed by atoms with E-state index >= 15 is 0 Å². The van der Waals surface area contributed by atoms with Crippen LogP contribution in [-0.4, -0.2) is 28.5 Å². The summed E-state index contributed by atoms with van der Waals surface area (Å²) in [5.41, 5.74) is 2.12. The maximum atomic E-state index is 12.2. The molecule has 0 bridgehead atoms. The predicted molar refractivity (Wildman–Crippen MR) is 103 cm³/mol. The first kappa shape index (κ1) is 17.0. The fourth-order valence-electron chi connectivity index (χ4n) is 3.44. The molecular weight excluding hydrogens is 346 g/mol. The van der Waals surface area contributed by atoms with Crippen molar-refractivity contribution in [3.05, 3.63) is 42.0 Å². The Hall–Kier alpha value is -2.47. The van der Waals surface area contributed by atoms with Gasteiger partial charge in [0.05, 0.1) is 5.39 Å². The molecule has 1 aliphatic rings. The van der Waals surface area contributed by atoms with Crippen molar-refractivity contribution in [1.82, 2.24) is 15.3 Å². The highest BCUT2D eigenvalue weighted by Gasteiger charge is 2.18. The quantitative estimate of drug-likeness (QED) is 0.734. The van der Waals surface area contributed by atoms with Crippen LogP contribution in [-0.2, 0) is 4.79 Å². The molecule has 26 heavy (non-hydrogen) atoms. The Morgan fingerprint density at radius 2 is 1.96 bits per heavy atom. The molecule has 134 valence electrons. The van der Waals surface area contributed by atoms with Crippen molar-refractivity contribution in [3.8, 4) is 17.0 Å². The van der Waals surface area contributed by atoms with E-state index in [0.29, 0.717) is 5.88 Å². The molecule has 0 atom stereocenters. The maximum absolute atomic E-state index is 12.2. The van der Waals surface area contributed by atoms with E-state index in [2.05, 4.69) is 20.7 Å². The van der Waals surface area contributed by atoms with Crippen LogP contribution in [0.2, 0.25) is 0 Å². The number of nitrogens with zero attached hydrogens (tertiary/aromatic N) is 2. The number of thiophene rings is 1. The number of benzene rings is 1. The van der Waals surface area contributed by atoms with E-state index in [4.69, 9.17) is 4.74 Å². The van der Waals surface area contributed by atoms with Gasteiger partial charge in [0.15, 0.2) is 6.61 Å². The van der Waals surface area contributed by atoms with Gasteiger partial charge in [0.2, 0.25) is 5.88 Å². The van der Waals surface area contributed by atoms with Crippen molar-refractivity contribution in [3.63, 3.8) is 0 Å². The first-order chi connectivity index (χ1) is 12.8. The number of fused-ring (bicyclic) bond motifs is 1. The van der Waals surface area contributed by atoms with Gasteiger partial charge in [0, 0.05) is 17.0 Å². The first-order valence-corrected chi connectivity index (χ1v) is 9.89. The minimum atomic E-state index is -0.0832. The Bertz CT molecular complexity index is 888. The molecular formula is C20H21N3O2S. The van der Waals surface area contributed by atoms with Gasteiger partial charge >= 0.3 is 0 Å². The molecule has 6 heteroatoms. The third-order valence-electron chi connectivity index (χ3n) is 4.73. The van der Waals surface area contributed by atoms with E-state index in [1.165, 1.54) is 25.6 Å². The molecule has 1 aliphatic carbocycles. The van der Waals surface area contributed by atoms with Gasteiger partial charge in [-0.1, -0.05) is 49.6 Å². The van der Waals surface area contributed by atoms with Crippen molar-refractivity contribution in [2.24, 2.45) is 0 Å². The summed E-state index contributed by atoms with van der Waals surface area (Å²) in [6.45, 7) is -0.0211. The number of amides is 1. The Morgan fingerprint density at radius 3 is 2.77 bits per heavy atom. The maximum Gasteiger partial charge on any atom is 0.258 e. The second kappa shape index (κ2) is 7.83. The third kappa shape index (κ3) is 3.70. The lowest BCUT2D eigenvalue weighted by molar-refractivity contribution is -0.124. The third-order valence-corrected chi connectivity index (χ3v) is 5.62. The number of carbonyl (C=O) groups excluding carboxylic acids is 1. The number of rotatable bonds is 5. The van der Waals surface area contributed by atoms with Crippen LogP contribution in [0.25, 0.3) is 21.3 Å². The van der Waals surface area contributed by atoms with Gasteiger partial charge in [0.1, 0.15) is 11.2 Å². The van der Waals surface area contributed by atoms with Gasteiger partial charge in [0.25, 0.3) is 5.91 Å². The summed E-state index contributed by atoms with van der Waals surface area (Å²) >= 11 is 1.55. The molecule has 0 saturated heterocycles. The highest BCUT2D eigenvalue weighted by molar-refractivity contribution is 7.17. The van der Waals surface area contributed by atoms with E-state index in [-0.39, 0.29) is 18.6 Å². The highest BCUT2D eigenvalue weighted by atomic mass is 32.1. The molecule has 4 rings (SSSR count). The Labute approximate surface area is 156 Å². The smallest absolute Gasteiger partial charge is 0.258 e. The normalized spacial score (nSPS) is 15.1. The van der Waals surface area contributed by atoms with Crippen LogP contribution >= 0.6 is 11.3 Å². The molecule has 2 aromatic heterocycles. The molecule has 5 nitrogen and oxygen atoms in total. The zero-order valence-corrected chi connectivity index (χ0v) is 15.3. The minimum Gasteiger partial charge on any atom is -0.467 e. The Morgan fingerprint density at radius 1 is 1.15 bits per heavy atom. The molecule has 0 radical (unpaired) electrons. The average Bonchev–Trinajstić information content (AvgIpc) is 3.13. The molecule has 2 heterocycles. The van der Waals surface area contributed by atoms with Crippen LogP contribution in [0.1, 0.15) is 32.1 Å². The number of carbonyl (C=O) groups is 1. The number of hydrogen-bond donors (Lipinski definition) is 1. The summed E-state index contributed by atoms with van der Waals surface area (Å²) in [7, 11) is 0. The van der Waals surface area contributed by atoms with Crippen LogP contribution in [0.4, 0.5) is 0 Å². The van der Waals surface area contributed by atoms with Gasteiger partial charge in [-0.3, -0.25) is 4.79 Å². The fourth-order valence-corrected chi connectivity index (χ4v) is 4.34. The van der Waals surface area contributed by atoms with Crippen molar-refractivity contribution in [2.45, 2.75) is 38.1 Å². The first-order valence-electron chi connectivity index (χ1n) is 9.01. The average molecular weight is 367 g/mol. The van der Waals surface area contributed by atoms with Gasteiger partial charge in [-0.05, 0) is 18.4 Å². The summed E-state index contributed by atoms with van der Waals surface area (Å²) < 4.78 is 5.79. The Kier molecular flexibility index (Phi) is 5.11. The van der Waals surface area contributed by atoms with Gasteiger partial charge in [-0.25, -0.2) is 9.97 Å². The van der Waals surface area contributed by atoms with Crippen molar-refractivity contribution in [2.75, 3.05) is 6.61 Å². The molecule has 1 saturated carbocycles. The van der Waals surface area contributed by atoms with Crippen molar-refractivity contribution >= 4 is 27.5 Å².